The van der Waals surface area contributed by atoms with Crippen molar-refractivity contribution in [3.8, 4) is 11.3 Å². The smallest absolute Gasteiger partial charge is 0.341 e. The van der Waals surface area contributed by atoms with Crippen molar-refractivity contribution < 1.29 is 19.4 Å². The average molecular weight is 453 g/mol. The number of nitrogens with one attached hydrogen (secondary N) is 2. The minimum Gasteiger partial charge on any atom is -0.462 e. The Hall–Kier alpha value is -4.68. The Bertz CT molecular complexity index is 1150. The van der Waals surface area contributed by atoms with Gasteiger partial charge < -0.3 is 15.4 Å². The molecule has 0 radical (unpaired) electrons. The van der Waals surface area contributed by atoms with Crippen molar-refractivity contribution in [2.24, 2.45) is 0 Å². The number of non-ortho nitro benzene ring substituents is 1. The fourth-order valence-corrected chi connectivity index (χ4v) is 2.75. The summed E-state index contributed by atoms with van der Waals surface area (Å²) in [5.41, 5.74) is 0.694. The molecule has 0 aliphatic heterocycles. The molecule has 2 N–H and O–H groups in total. The van der Waals surface area contributed by atoms with E-state index in [-0.39, 0.29) is 35.2 Å². The number of esters is 1. The van der Waals surface area contributed by atoms with E-state index >= 15 is 0 Å². The van der Waals surface area contributed by atoms with Crippen LogP contribution in [0.3, 0.4) is 0 Å². The van der Waals surface area contributed by atoms with Crippen LogP contribution < -0.4 is 10.6 Å². The average Bonchev–Trinajstić information content (AvgIpc) is 2.82. The lowest BCUT2D eigenvalue weighted by Gasteiger charge is -2.11. The van der Waals surface area contributed by atoms with Crippen LogP contribution in [0.15, 0.2) is 48.8 Å². The molecule has 0 aliphatic carbocycles. The number of aromatic nitrogens is 3. The Morgan fingerprint density at radius 2 is 1.61 bits per heavy atom. The van der Waals surface area contributed by atoms with E-state index in [4.69, 9.17) is 4.74 Å². The number of benzene rings is 1. The van der Waals surface area contributed by atoms with Crippen LogP contribution in [0.2, 0.25) is 0 Å². The number of carbonyl (C=O) groups is 1. The third-order valence-corrected chi connectivity index (χ3v) is 4.31. The number of hydrogen-bond acceptors (Lipinski definition) is 11. The number of nitro benzene ring substituents is 1. The third kappa shape index (κ3) is 5.94. The topological polar surface area (TPSA) is 175 Å². The number of carbonyl (C=O) groups excluding carboxylic acids is 1. The second kappa shape index (κ2) is 10.6. The van der Waals surface area contributed by atoms with Crippen molar-refractivity contribution in [3.63, 3.8) is 0 Å². The van der Waals surface area contributed by atoms with Crippen LogP contribution in [-0.2, 0) is 4.74 Å². The van der Waals surface area contributed by atoms with Crippen LogP contribution in [0.25, 0.3) is 11.3 Å². The molecule has 2 aromatic heterocycles. The summed E-state index contributed by atoms with van der Waals surface area (Å²) >= 11 is 0. The minimum absolute atomic E-state index is 0.0882. The molecule has 13 nitrogen and oxygen atoms in total. The first-order valence-electron chi connectivity index (χ1n) is 9.76. The van der Waals surface area contributed by atoms with Gasteiger partial charge in [0, 0.05) is 43.0 Å². The number of rotatable bonds is 10. The maximum atomic E-state index is 12.3. The molecule has 0 saturated heterocycles. The van der Waals surface area contributed by atoms with Gasteiger partial charge in [0.2, 0.25) is 5.95 Å². The molecular weight excluding hydrogens is 434 g/mol. The summed E-state index contributed by atoms with van der Waals surface area (Å²) in [6, 6.07) is 8.47. The minimum atomic E-state index is -0.608. The molecule has 0 aliphatic rings. The van der Waals surface area contributed by atoms with Gasteiger partial charge in [-0.2, -0.15) is 0 Å². The van der Waals surface area contributed by atoms with E-state index in [1.54, 1.807) is 6.92 Å². The van der Waals surface area contributed by atoms with Crippen LogP contribution in [0.5, 0.6) is 0 Å². The highest BCUT2D eigenvalue weighted by Crippen LogP contribution is 2.25. The molecule has 0 amide bonds. The first-order valence-corrected chi connectivity index (χ1v) is 9.76. The van der Waals surface area contributed by atoms with Gasteiger partial charge in [-0.3, -0.25) is 20.2 Å². The van der Waals surface area contributed by atoms with Crippen LogP contribution in [0.1, 0.15) is 17.3 Å². The molecule has 170 valence electrons. The van der Waals surface area contributed by atoms with E-state index in [0.717, 1.165) is 6.20 Å². The summed E-state index contributed by atoms with van der Waals surface area (Å²) in [7, 11) is 0. The monoisotopic (exact) mass is 453 g/mol. The van der Waals surface area contributed by atoms with Crippen molar-refractivity contribution in [2.75, 3.05) is 30.3 Å². The Morgan fingerprint density at radius 1 is 0.939 bits per heavy atom. The first kappa shape index (κ1) is 23.0. The van der Waals surface area contributed by atoms with Crippen molar-refractivity contribution in [3.05, 3.63) is 74.6 Å². The van der Waals surface area contributed by atoms with Gasteiger partial charge in [-0.15, -0.1) is 0 Å². The van der Waals surface area contributed by atoms with E-state index in [9.17, 15) is 25.0 Å². The molecule has 0 saturated carbocycles. The third-order valence-electron chi connectivity index (χ3n) is 4.31. The fraction of sp³-hybridized carbons (Fsp3) is 0.200. The molecule has 0 unspecified atom stereocenters. The second-order valence-corrected chi connectivity index (χ2v) is 6.49. The quantitative estimate of drug-likeness (QED) is 0.200. The van der Waals surface area contributed by atoms with E-state index in [1.165, 1.54) is 42.6 Å². The zero-order valence-corrected chi connectivity index (χ0v) is 17.4. The first-order chi connectivity index (χ1) is 15.9. The predicted octanol–water partition coefficient (Wildman–Crippen LogP) is 3.06. The molecule has 0 fully saturated rings. The Labute approximate surface area is 187 Å². The molecule has 0 atom stereocenters. The van der Waals surface area contributed by atoms with Crippen molar-refractivity contribution >= 4 is 29.1 Å². The molecule has 2 heterocycles. The zero-order valence-electron chi connectivity index (χ0n) is 17.4. The van der Waals surface area contributed by atoms with Gasteiger partial charge in [0.1, 0.15) is 17.6 Å². The number of anilines is 2. The van der Waals surface area contributed by atoms with Gasteiger partial charge in [-0.05, 0) is 25.1 Å². The van der Waals surface area contributed by atoms with E-state index in [2.05, 4.69) is 25.6 Å². The lowest BCUT2D eigenvalue weighted by Crippen LogP contribution is -2.17. The van der Waals surface area contributed by atoms with Gasteiger partial charge >= 0.3 is 5.97 Å². The number of ether oxygens (including phenoxy) is 1. The fourth-order valence-electron chi connectivity index (χ4n) is 2.75. The lowest BCUT2D eigenvalue weighted by atomic mass is 10.1. The number of hydrogen-bond donors (Lipinski definition) is 2. The molecule has 13 heteroatoms. The molecule has 3 aromatic rings. The summed E-state index contributed by atoms with van der Waals surface area (Å²) in [5.74, 6) is 0.0886. The molecule has 0 bridgehead atoms. The molecule has 33 heavy (non-hydrogen) atoms. The van der Waals surface area contributed by atoms with E-state index in [0.29, 0.717) is 24.5 Å². The van der Waals surface area contributed by atoms with Crippen molar-refractivity contribution in [2.45, 2.75) is 6.92 Å². The van der Waals surface area contributed by atoms with Gasteiger partial charge in [0.05, 0.1) is 22.1 Å². The molecule has 0 spiro atoms. The summed E-state index contributed by atoms with van der Waals surface area (Å²) in [6.45, 7) is 2.62. The Morgan fingerprint density at radius 3 is 2.21 bits per heavy atom. The summed E-state index contributed by atoms with van der Waals surface area (Å²) in [4.78, 5) is 45.3. The number of nitrogens with zero attached hydrogens (tertiary/aromatic N) is 5. The highest BCUT2D eigenvalue weighted by molar-refractivity contribution is 5.96. The zero-order chi connectivity index (χ0) is 23.8. The van der Waals surface area contributed by atoms with Gasteiger partial charge in [-0.25, -0.2) is 19.7 Å². The largest absolute Gasteiger partial charge is 0.462 e. The van der Waals surface area contributed by atoms with Gasteiger partial charge in [0.25, 0.3) is 11.4 Å². The standard InChI is InChI=1S/C20H19N7O6/c1-2-33-19(28)16-12-24-20(25-18(16)13-3-5-14(6-4-13)26(29)30)22-10-9-21-17-8-7-15(11-23-17)27(31)32/h3-8,11-12H,2,9-10H2,1H3,(H,21,23)(H,22,24,25). The van der Waals surface area contributed by atoms with Gasteiger partial charge in [-0.1, -0.05) is 0 Å². The summed E-state index contributed by atoms with van der Waals surface area (Å²) in [5, 5.41) is 27.6. The van der Waals surface area contributed by atoms with Crippen LogP contribution in [0.4, 0.5) is 23.1 Å². The number of pyridine rings is 1. The van der Waals surface area contributed by atoms with Gasteiger partial charge in [0.15, 0.2) is 0 Å². The molecular formula is C20H19N7O6. The second-order valence-electron chi connectivity index (χ2n) is 6.49. The van der Waals surface area contributed by atoms with Crippen molar-refractivity contribution in [1.82, 2.24) is 15.0 Å². The highest BCUT2D eigenvalue weighted by atomic mass is 16.6. The predicted molar refractivity (Wildman–Crippen MR) is 118 cm³/mol. The number of nitro groups is 2. The normalized spacial score (nSPS) is 10.3. The van der Waals surface area contributed by atoms with E-state index in [1.807, 2.05) is 0 Å². The molecule has 1 aromatic carbocycles. The van der Waals surface area contributed by atoms with Crippen molar-refractivity contribution in [1.29, 1.82) is 0 Å². The maximum Gasteiger partial charge on any atom is 0.341 e. The van der Waals surface area contributed by atoms with Crippen LogP contribution in [0, 0.1) is 20.2 Å². The summed E-state index contributed by atoms with van der Waals surface area (Å²) in [6.07, 6.45) is 2.48. The van der Waals surface area contributed by atoms with E-state index < -0.39 is 15.8 Å². The highest BCUT2D eigenvalue weighted by Gasteiger charge is 2.18. The molecule has 3 rings (SSSR count). The SMILES string of the molecule is CCOC(=O)c1cnc(NCCNc2ccc([N+](=O)[O-])cn2)nc1-c1ccc([N+](=O)[O-])cc1. The maximum absolute atomic E-state index is 12.3. The Balaban J connectivity index is 1.71. The van der Waals surface area contributed by atoms with Crippen LogP contribution >= 0.6 is 0 Å². The van der Waals surface area contributed by atoms with Crippen LogP contribution in [-0.4, -0.2) is 50.5 Å². The lowest BCUT2D eigenvalue weighted by molar-refractivity contribution is -0.385. The Kier molecular flexibility index (Phi) is 7.36. The summed E-state index contributed by atoms with van der Waals surface area (Å²) < 4.78 is 5.06.